The molecular weight excluding hydrogens is 260 g/mol. The molecule has 1 aliphatic carbocycles. The second-order valence-electron chi connectivity index (χ2n) is 6.29. The van der Waals surface area contributed by atoms with Gasteiger partial charge in [0, 0.05) is 9.40 Å². The minimum atomic E-state index is -0.00679. The lowest BCUT2D eigenvalue weighted by Crippen LogP contribution is -2.35. The van der Waals surface area contributed by atoms with E-state index < -0.39 is 0 Å². The maximum Gasteiger partial charge on any atom is 0.226 e. The molecule has 0 spiro atoms. The van der Waals surface area contributed by atoms with Crippen LogP contribution in [0, 0.1) is 11.3 Å². The van der Waals surface area contributed by atoms with Crippen molar-refractivity contribution >= 4 is 5.91 Å². The Bertz CT molecular complexity index is 270. The summed E-state index contributed by atoms with van der Waals surface area (Å²) in [5.41, 5.74) is -0.00679. The SMILES string of the molecule is CC.CNCCCCCCCCNC(=O)C1(C(C)C)CC1.[HH].[HH]. The molecule has 1 rings (SSSR count). The first-order chi connectivity index (χ1) is 10.1. The third kappa shape index (κ3) is 7.85. The highest BCUT2D eigenvalue weighted by Gasteiger charge is 2.51. The van der Waals surface area contributed by atoms with Gasteiger partial charge in [0.15, 0.2) is 0 Å². The summed E-state index contributed by atoms with van der Waals surface area (Å²) < 4.78 is 0. The van der Waals surface area contributed by atoms with E-state index in [2.05, 4.69) is 24.5 Å². The molecule has 130 valence electrons. The highest BCUT2D eigenvalue weighted by molar-refractivity contribution is 5.85. The van der Waals surface area contributed by atoms with E-state index in [0.717, 1.165) is 32.4 Å². The quantitative estimate of drug-likeness (QED) is 0.547. The van der Waals surface area contributed by atoms with Crippen molar-refractivity contribution in [3.8, 4) is 0 Å². The molecule has 3 heteroatoms. The topological polar surface area (TPSA) is 41.1 Å². The van der Waals surface area contributed by atoms with E-state index >= 15 is 0 Å². The Kier molecular flexibility index (Phi) is 11.7. The molecule has 2 N–H and O–H groups in total. The van der Waals surface area contributed by atoms with Gasteiger partial charge in [0.05, 0.1) is 5.41 Å². The molecule has 0 atom stereocenters. The van der Waals surface area contributed by atoms with Gasteiger partial charge in [0.25, 0.3) is 0 Å². The summed E-state index contributed by atoms with van der Waals surface area (Å²) >= 11 is 0. The summed E-state index contributed by atoms with van der Waals surface area (Å²) in [6.45, 7) is 10.3. The zero-order chi connectivity index (χ0) is 16.1. The standard InChI is InChI=1S/C16H32N2O.C2H6.2H2/c1-14(2)16(10-11-16)15(19)18-13-9-7-5-4-6-8-12-17-3;1-2;;/h14,17H,4-13H2,1-3H3,(H,18,19);1-2H3;2*1H. The van der Waals surface area contributed by atoms with Gasteiger partial charge in [-0.25, -0.2) is 0 Å². The molecule has 0 radical (unpaired) electrons. The van der Waals surface area contributed by atoms with Crippen molar-refractivity contribution in [3.63, 3.8) is 0 Å². The molecule has 0 aromatic rings. The number of unbranched alkanes of at least 4 members (excludes halogenated alkanes) is 5. The van der Waals surface area contributed by atoms with Gasteiger partial charge in [-0.2, -0.15) is 0 Å². The van der Waals surface area contributed by atoms with Gasteiger partial charge < -0.3 is 10.6 Å². The van der Waals surface area contributed by atoms with Crippen molar-refractivity contribution < 1.29 is 7.65 Å². The maximum absolute atomic E-state index is 12.1. The second-order valence-corrected chi connectivity index (χ2v) is 6.29. The number of carbonyl (C=O) groups is 1. The summed E-state index contributed by atoms with van der Waals surface area (Å²) in [6, 6.07) is 0. The lowest BCUT2D eigenvalue weighted by molar-refractivity contribution is -0.127. The average Bonchev–Trinajstić information content (AvgIpc) is 3.29. The second kappa shape index (κ2) is 12.0. The van der Waals surface area contributed by atoms with Crippen LogP contribution in [-0.2, 0) is 4.79 Å². The van der Waals surface area contributed by atoms with Crippen LogP contribution in [0.25, 0.3) is 0 Å². The minimum absolute atomic E-state index is 0. The van der Waals surface area contributed by atoms with Crippen molar-refractivity contribution in [1.29, 1.82) is 0 Å². The molecule has 21 heavy (non-hydrogen) atoms. The average molecular weight is 303 g/mol. The van der Waals surface area contributed by atoms with Crippen LogP contribution in [0.4, 0.5) is 0 Å². The highest BCUT2D eigenvalue weighted by atomic mass is 16.2. The van der Waals surface area contributed by atoms with E-state index in [1.807, 2.05) is 20.9 Å². The monoisotopic (exact) mass is 302 g/mol. The Hall–Kier alpha value is -0.570. The maximum atomic E-state index is 12.1. The van der Waals surface area contributed by atoms with Crippen molar-refractivity contribution in [2.24, 2.45) is 11.3 Å². The number of hydrogen-bond acceptors (Lipinski definition) is 2. The largest absolute Gasteiger partial charge is 0.356 e. The molecular formula is C18H42N2O. The molecule has 0 unspecified atom stereocenters. The van der Waals surface area contributed by atoms with Gasteiger partial charge in [0.2, 0.25) is 5.91 Å². The molecule has 1 aliphatic rings. The van der Waals surface area contributed by atoms with E-state index in [-0.39, 0.29) is 8.27 Å². The Morgan fingerprint density at radius 1 is 1.00 bits per heavy atom. The van der Waals surface area contributed by atoms with E-state index in [1.54, 1.807) is 0 Å². The van der Waals surface area contributed by atoms with Crippen molar-refractivity contribution in [2.45, 2.75) is 79.1 Å². The first-order valence-electron chi connectivity index (χ1n) is 9.06. The van der Waals surface area contributed by atoms with Crippen molar-refractivity contribution in [2.75, 3.05) is 20.1 Å². The smallest absolute Gasteiger partial charge is 0.226 e. The number of amides is 1. The van der Waals surface area contributed by atoms with Gasteiger partial charge >= 0.3 is 0 Å². The number of rotatable bonds is 11. The number of nitrogens with one attached hydrogen (secondary N) is 2. The Morgan fingerprint density at radius 2 is 1.48 bits per heavy atom. The van der Waals surface area contributed by atoms with E-state index in [0.29, 0.717) is 11.8 Å². The minimum Gasteiger partial charge on any atom is -0.356 e. The molecule has 3 nitrogen and oxygen atoms in total. The van der Waals surface area contributed by atoms with Crippen molar-refractivity contribution in [3.05, 3.63) is 0 Å². The normalized spacial score (nSPS) is 15.3. The molecule has 1 saturated carbocycles. The van der Waals surface area contributed by atoms with E-state index in [1.165, 1.54) is 32.1 Å². The lowest BCUT2D eigenvalue weighted by Gasteiger charge is -2.18. The van der Waals surface area contributed by atoms with Crippen LogP contribution in [0.5, 0.6) is 0 Å². The van der Waals surface area contributed by atoms with Crippen LogP contribution >= 0.6 is 0 Å². The predicted molar refractivity (Wildman–Crippen MR) is 96.7 cm³/mol. The van der Waals surface area contributed by atoms with Gasteiger partial charge in [-0.3, -0.25) is 4.79 Å². The van der Waals surface area contributed by atoms with Crippen LogP contribution in [-0.4, -0.2) is 26.0 Å². The molecule has 0 aromatic carbocycles. The van der Waals surface area contributed by atoms with Crippen LogP contribution in [0.15, 0.2) is 0 Å². The predicted octanol–water partition coefficient (Wildman–Crippen LogP) is 4.62. The van der Waals surface area contributed by atoms with Crippen LogP contribution < -0.4 is 10.6 Å². The Morgan fingerprint density at radius 3 is 1.90 bits per heavy atom. The molecule has 1 amide bonds. The fraction of sp³-hybridized carbons (Fsp3) is 0.944. The first-order valence-corrected chi connectivity index (χ1v) is 9.06. The van der Waals surface area contributed by atoms with Crippen LogP contribution in [0.1, 0.15) is 81.9 Å². The van der Waals surface area contributed by atoms with Gasteiger partial charge in [-0.1, -0.05) is 53.4 Å². The van der Waals surface area contributed by atoms with E-state index in [9.17, 15) is 4.79 Å². The fourth-order valence-electron chi connectivity index (χ4n) is 2.71. The number of carbonyl (C=O) groups excluding carboxylic acids is 1. The molecule has 0 aliphatic heterocycles. The summed E-state index contributed by atoms with van der Waals surface area (Å²) in [5.74, 6) is 0.788. The summed E-state index contributed by atoms with van der Waals surface area (Å²) in [6.07, 6.45) is 9.78. The third-order valence-corrected chi connectivity index (χ3v) is 4.49. The molecule has 0 saturated heterocycles. The summed E-state index contributed by atoms with van der Waals surface area (Å²) in [7, 11) is 2.01. The van der Waals surface area contributed by atoms with Crippen LogP contribution in [0.3, 0.4) is 0 Å². The van der Waals surface area contributed by atoms with Gasteiger partial charge in [-0.05, 0) is 45.2 Å². The Labute approximate surface area is 135 Å². The third-order valence-electron chi connectivity index (χ3n) is 4.49. The first kappa shape index (κ1) is 20.4. The summed E-state index contributed by atoms with van der Waals surface area (Å²) in [4.78, 5) is 12.1. The van der Waals surface area contributed by atoms with Crippen LogP contribution in [0.2, 0.25) is 0 Å². The molecule has 1 fully saturated rings. The number of hydrogen-bond donors (Lipinski definition) is 2. The molecule has 0 aromatic heterocycles. The highest BCUT2D eigenvalue weighted by Crippen LogP contribution is 2.51. The zero-order valence-corrected chi connectivity index (χ0v) is 15.1. The van der Waals surface area contributed by atoms with Gasteiger partial charge in [-0.15, -0.1) is 0 Å². The fourth-order valence-corrected chi connectivity index (χ4v) is 2.71. The summed E-state index contributed by atoms with van der Waals surface area (Å²) in [5, 5.41) is 6.30. The zero-order valence-electron chi connectivity index (χ0n) is 15.1. The molecule has 0 heterocycles. The Balaban J connectivity index is -0.000000960. The lowest BCUT2D eigenvalue weighted by atomic mass is 9.91. The van der Waals surface area contributed by atoms with Gasteiger partial charge in [0.1, 0.15) is 0 Å². The van der Waals surface area contributed by atoms with Crippen molar-refractivity contribution in [1.82, 2.24) is 10.6 Å². The molecule has 0 bridgehead atoms. The van der Waals surface area contributed by atoms with E-state index in [4.69, 9.17) is 0 Å².